The third-order valence-electron chi connectivity index (χ3n) is 18.2. The van der Waals surface area contributed by atoms with Crippen LogP contribution in [-0.2, 0) is 74.3 Å². The van der Waals surface area contributed by atoms with E-state index in [1.54, 1.807) is 106 Å². The molecule has 5 aliphatic rings. The van der Waals surface area contributed by atoms with Crippen LogP contribution in [0, 0.1) is 5.92 Å². The van der Waals surface area contributed by atoms with Crippen LogP contribution in [0.4, 0.5) is 9.59 Å². The van der Waals surface area contributed by atoms with Crippen molar-refractivity contribution in [2.45, 2.75) is 89.7 Å². The average molecular weight is 1310 g/mol. The molecule has 24 nitrogen and oxygen atoms in total. The van der Waals surface area contributed by atoms with Crippen LogP contribution in [0.3, 0.4) is 0 Å². The number of esters is 1. The highest BCUT2D eigenvalue weighted by molar-refractivity contribution is 5.95. The summed E-state index contributed by atoms with van der Waals surface area (Å²) in [5, 5.41) is 46.4. The number of allylic oxidation sites excluding steroid dienone is 1. The maximum Gasteiger partial charge on any atom is 0.334 e. The Bertz CT molecular complexity index is 4250. The maximum atomic E-state index is 14.5. The van der Waals surface area contributed by atoms with E-state index in [9.17, 15) is 43.8 Å². The quantitative estimate of drug-likeness (QED) is 0.0345. The van der Waals surface area contributed by atoms with Gasteiger partial charge >= 0.3 is 18.0 Å². The Morgan fingerprint density at radius 3 is 1.62 bits per heavy atom. The number of piperazine rings is 2. The largest absolute Gasteiger partial charge is 0.508 e. The van der Waals surface area contributed by atoms with Crippen LogP contribution in [0.2, 0.25) is 0 Å². The standard InChI is InChI=1S/C37H39N7O4.C36H39N7O6/c1-3-18-42-23-33(46)43-31(19-25-12-16-29(45)17-13-25)36(47)41(22-32(43)44(42)37(48)38-20-26-8-5-4-6-9-26)21-28-10-7-11-30-34(39-40-35(28)30)24(2)27-14-15-27;1-3-16-40-24-33(46)42-31(19-26-12-14-30(45)15-13-26)35(47)39(23-32(42)43(40)36(48)37-20-27-8-5-4-6-9-27)22-29-11-7-10-28-21-38-41(34(28)29)17-18-49-25(2)44/h3-13,16-17,27,31-32,45H,1-2,14-15,18-23H2,(H,38,48)(H,39,40);3-15,21,31-32,45H,1,16-20,22-24H2,2H3,(H,37,48)/t2*31-,32-/m00/s1. The molecule has 5 N–H and O–H groups in total. The average Bonchev–Trinajstić information content (AvgIpc) is 1.12. The monoisotopic (exact) mass is 1310 g/mol. The molecule has 5 fully saturated rings. The van der Waals surface area contributed by atoms with E-state index in [0.29, 0.717) is 19.0 Å². The predicted molar refractivity (Wildman–Crippen MR) is 362 cm³/mol. The minimum absolute atomic E-state index is 0.0566. The second kappa shape index (κ2) is 29.3. The van der Waals surface area contributed by atoms with Crippen molar-refractivity contribution in [1.82, 2.24) is 70.2 Å². The summed E-state index contributed by atoms with van der Waals surface area (Å²) in [7, 11) is 0. The summed E-state index contributed by atoms with van der Waals surface area (Å²) in [4.78, 5) is 103. The molecule has 0 unspecified atom stereocenters. The van der Waals surface area contributed by atoms with E-state index in [-0.39, 0.29) is 125 Å². The van der Waals surface area contributed by atoms with Gasteiger partial charge < -0.3 is 45.2 Å². The Balaban J connectivity index is 0.000000185. The molecule has 4 aliphatic heterocycles. The second-order valence-corrected chi connectivity index (χ2v) is 24.8. The van der Waals surface area contributed by atoms with Crippen LogP contribution in [0.15, 0.2) is 184 Å². The van der Waals surface area contributed by atoms with E-state index in [1.165, 1.54) is 11.8 Å². The second-order valence-electron chi connectivity index (χ2n) is 24.8. The molecule has 4 atom stereocenters. The lowest BCUT2D eigenvalue weighted by molar-refractivity contribution is -0.189. The number of carbonyl (C=O) groups is 7. The molecule has 0 spiro atoms. The number of fused-ring (bicyclic) bond motifs is 4. The van der Waals surface area contributed by atoms with Crippen LogP contribution < -0.4 is 10.6 Å². The minimum atomic E-state index is -0.917. The molecule has 0 bridgehead atoms. The molecule has 2 aromatic heterocycles. The number of nitrogens with one attached hydrogen (secondary N) is 3. The SMILES string of the molecule is C=CCN1CC(=O)N2[C@@H](Cc3ccc(O)cc3)C(=O)N(Cc3cccc4c(C(=C)C5CC5)n[nH]c34)C[C@@H]2N1C(=O)NCc1ccccc1.C=CCN1CC(=O)N2[C@@H](Cc3ccc(O)cc3)C(=O)N(Cc3cccc4cnn(CCOC(C)=O)c34)C[C@@H]2N1C(=O)NCc1ccccc1. The lowest BCUT2D eigenvalue weighted by Crippen LogP contribution is -2.76. The van der Waals surface area contributed by atoms with Crippen molar-refractivity contribution in [2.24, 2.45) is 5.92 Å². The molecule has 6 heterocycles. The van der Waals surface area contributed by atoms with E-state index in [1.807, 2.05) is 97.1 Å². The number of aromatic nitrogens is 4. The number of aromatic hydroxyl groups is 2. The van der Waals surface area contributed by atoms with Crippen molar-refractivity contribution >= 4 is 69.0 Å². The number of hydrogen-bond donors (Lipinski definition) is 5. The van der Waals surface area contributed by atoms with Crippen LogP contribution in [-0.4, -0.2) is 182 Å². The van der Waals surface area contributed by atoms with Gasteiger partial charge in [0.2, 0.25) is 23.6 Å². The molecule has 97 heavy (non-hydrogen) atoms. The van der Waals surface area contributed by atoms with Crippen molar-refractivity contribution in [3.05, 3.63) is 223 Å². The van der Waals surface area contributed by atoms with Crippen molar-refractivity contribution < 1.29 is 48.5 Å². The molecular formula is C73H78N14O10. The van der Waals surface area contributed by atoms with E-state index >= 15 is 0 Å². The Hall–Kier alpha value is -11.1. The number of rotatable bonds is 21. The number of amides is 8. The summed E-state index contributed by atoms with van der Waals surface area (Å²) in [5.74, 6) is -0.726. The molecule has 8 amide bonds. The Labute approximate surface area is 561 Å². The van der Waals surface area contributed by atoms with Crippen LogP contribution in [0.1, 0.15) is 58.8 Å². The number of H-pyrrole nitrogens is 1. The molecule has 24 heteroatoms. The zero-order valence-electron chi connectivity index (χ0n) is 54.0. The molecule has 500 valence electrons. The highest BCUT2D eigenvalue weighted by Gasteiger charge is 2.53. The molecule has 8 aromatic rings. The van der Waals surface area contributed by atoms with E-state index in [0.717, 1.165) is 79.3 Å². The first-order valence-corrected chi connectivity index (χ1v) is 32.5. The first kappa shape index (κ1) is 65.9. The van der Waals surface area contributed by atoms with E-state index in [4.69, 9.17) is 4.74 Å². The zero-order chi connectivity index (χ0) is 67.9. The summed E-state index contributed by atoms with van der Waals surface area (Å²) in [5.41, 5.74) is 8.60. The van der Waals surface area contributed by atoms with Gasteiger partial charge in [-0.15, -0.1) is 13.2 Å². The summed E-state index contributed by atoms with van der Waals surface area (Å²) in [6, 6.07) is 41.4. The van der Waals surface area contributed by atoms with Crippen LogP contribution >= 0.6 is 0 Å². The number of phenols is 2. The number of urea groups is 2. The van der Waals surface area contributed by atoms with Gasteiger partial charge in [-0.25, -0.2) is 29.6 Å². The first-order valence-electron chi connectivity index (χ1n) is 32.5. The summed E-state index contributed by atoms with van der Waals surface area (Å²) in [6.07, 6.45) is 6.08. The lowest BCUT2D eigenvalue weighted by Gasteiger charge is -2.55. The van der Waals surface area contributed by atoms with Gasteiger partial charge in [0.1, 0.15) is 42.5 Å². The summed E-state index contributed by atoms with van der Waals surface area (Å²) < 4.78 is 6.91. The van der Waals surface area contributed by atoms with Gasteiger partial charge in [0, 0.05) is 69.8 Å². The molecule has 1 saturated carbocycles. The third kappa shape index (κ3) is 14.6. The van der Waals surface area contributed by atoms with E-state index < -0.39 is 30.4 Å². The van der Waals surface area contributed by atoms with Crippen LogP contribution in [0.25, 0.3) is 27.4 Å². The number of benzene rings is 6. The van der Waals surface area contributed by atoms with Crippen molar-refractivity contribution in [2.75, 3.05) is 45.9 Å². The fourth-order valence-corrected chi connectivity index (χ4v) is 13.4. The van der Waals surface area contributed by atoms with Gasteiger partial charge in [0.15, 0.2) is 0 Å². The number of aromatic amines is 1. The third-order valence-corrected chi connectivity index (χ3v) is 18.2. The van der Waals surface area contributed by atoms with Gasteiger partial charge in [0.05, 0.1) is 55.6 Å². The number of ether oxygens (including phenoxy) is 1. The highest BCUT2D eigenvalue weighted by Crippen LogP contribution is 2.42. The number of phenolic OH excluding ortho intramolecular Hbond substituents is 2. The number of hydrazine groups is 2. The first-order chi connectivity index (χ1) is 47.0. The summed E-state index contributed by atoms with van der Waals surface area (Å²) in [6.45, 7) is 15.3. The van der Waals surface area contributed by atoms with Gasteiger partial charge in [-0.2, -0.15) is 10.2 Å². The Kier molecular flexibility index (Phi) is 19.9. The number of carbonyl (C=O) groups excluding carboxylic acids is 7. The normalized spacial score (nSPS) is 18.9. The van der Waals surface area contributed by atoms with Crippen molar-refractivity contribution in [3.8, 4) is 11.5 Å². The van der Waals surface area contributed by atoms with Crippen LogP contribution in [0.5, 0.6) is 11.5 Å². The zero-order valence-corrected chi connectivity index (χ0v) is 54.0. The number of para-hydroxylation sites is 2. The smallest absolute Gasteiger partial charge is 0.334 e. The fraction of sp³-hybridized carbons (Fsp3) is 0.301. The highest BCUT2D eigenvalue weighted by atomic mass is 16.5. The molecule has 6 aromatic carbocycles. The predicted octanol–water partition coefficient (Wildman–Crippen LogP) is 7.47. The molecule has 13 rings (SSSR count). The van der Waals surface area contributed by atoms with Crippen molar-refractivity contribution in [1.29, 1.82) is 0 Å². The summed E-state index contributed by atoms with van der Waals surface area (Å²) >= 11 is 0. The lowest BCUT2D eigenvalue weighted by atomic mass is 9.97. The molecule has 1 aliphatic carbocycles. The van der Waals surface area contributed by atoms with Gasteiger partial charge in [-0.1, -0.05) is 140 Å². The maximum absolute atomic E-state index is 14.5. The minimum Gasteiger partial charge on any atom is -0.508 e. The topological polar surface area (TPSA) is 266 Å². The number of nitrogens with zero attached hydrogens (tertiary/aromatic N) is 11. The van der Waals surface area contributed by atoms with Crippen molar-refractivity contribution in [3.63, 3.8) is 0 Å². The Morgan fingerprint density at radius 1 is 0.629 bits per heavy atom. The van der Waals surface area contributed by atoms with E-state index in [2.05, 4.69) is 45.7 Å². The van der Waals surface area contributed by atoms with Gasteiger partial charge in [-0.05, 0) is 82.0 Å². The number of hydrogen-bond acceptors (Lipinski definition) is 14. The fourth-order valence-electron chi connectivity index (χ4n) is 13.4. The van der Waals surface area contributed by atoms with Gasteiger partial charge in [0.25, 0.3) is 0 Å². The Morgan fingerprint density at radius 2 is 1.12 bits per heavy atom. The van der Waals surface area contributed by atoms with Gasteiger partial charge in [-0.3, -0.25) is 33.8 Å². The molecule has 0 radical (unpaired) electrons. The molecular weight excluding hydrogens is 1230 g/mol. The molecule has 4 saturated heterocycles.